The van der Waals surface area contributed by atoms with E-state index in [1.807, 2.05) is 0 Å². The second-order valence-corrected chi connectivity index (χ2v) is 8.91. The van der Waals surface area contributed by atoms with Crippen LogP contribution in [-0.2, 0) is 10.0 Å². The van der Waals surface area contributed by atoms with Crippen LogP contribution >= 0.6 is 0 Å². The van der Waals surface area contributed by atoms with E-state index in [-0.39, 0.29) is 24.0 Å². The minimum Gasteiger partial charge on any atom is -0.475 e. The van der Waals surface area contributed by atoms with E-state index < -0.39 is 10.0 Å². The van der Waals surface area contributed by atoms with Gasteiger partial charge in [0.25, 0.3) is 5.91 Å². The Morgan fingerprint density at radius 1 is 1.06 bits per heavy atom. The van der Waals surface area contributed by atoms with Gasteiger partial charge in [0.2, 0.25) is 15.9 Å². The van der Waals surface area contributed by atoms with Gasteiger partial charge in [-0.1, -0.05) is 0 Å². The van der Waals surface area contributed by atoms with Crippen molar-refractivity contribution >= 4 is 15.9 Å². The van der Waals surface area contributed by atoms with Crippen LogP contribution in [0.1, 0.15) is 23.2 Å². The minimum atomic E-state index is -3.49. The first-order chi connectivity index (χ1) is 15.0. The number of ether oxygens (including phenoxy) is 1. The molecule has 1 N–H and O–H groups in total. The summed E-state index contributed by atoms with van der Waals surface area (Å²) in [5.74, 6) is 0.638. The van der Waals surface area contributed by atoms with E-state index in [0.29, 0.717) is 36.0 Å². The largest absolute Gasteiger partial charge is 0.475 e. The van der Waals surface area contributed by atoms with E-state index in [9.17, 15) is 13.2 Å². The van der Waals surface area contributed by atoms with Crippen molar-refractivity contribution in [1.29, 1.82) is 0 Å². The summed E-state index contributed by atoms with van der Waals surface area (Å²) in [4.78, 5) is 12.5. The molecule has 0 bridgehead atoms. The van der Waals surface area contributed by atoms with Crippen LogP contribution < -0.4 is 10.1 Å². The Labute approximate surface area is 180 Å². The maximum Gasteiger partial charge on any atom is 0.251 e. The van der Waals surface area contributed by atoms with E-state index in [1.54, 1.807) is 30.5 Å². The van der Waals surface area contributed by atoms with Crippen molar-refractivity contribution in [1.82, 2.24) is 19.8 Å². The van der Waals surface area contributed by atoms with Crippen LogP contribution in [0.2, 0.25) is 0 Å². The van der Waals surface area contributed by atoms with E-state index in [4.69, 9.17) is 9.15 Å². The number of sulfonamides is 1. The zero-order valence-electron chi connectivity index (χ0n) is 16.7. The van der Waals surface area contributed by atoms with Crippen LogP contribution in [0.15, 0.2) is 64.1 Å². The van der Waals surface area contributed by atoms with Gasteiger partial charge in [-0.05, 0) is 55.3 Å². The normalized spacial score (nSPS) is 14.5. The Morgan fingerprint density at radius 3 is 2.48 bits per heavy atom. The summed E-state index contributed by atoms with van der Waals surface area (Å²) < 4.78 is 37.3. The molecule has 1 saturated heterocycles. The number of nitrogens with zero attached hydrogens (tertiary/aromatic N) is 3. The van der Waals surface area contributed by atoms with Gasteiger partial charge in [0.1, 0.15) is 12.3 Å². The number of carbonyl (C=O) groups excluding carboxylic acids is 1. The standard InChI is InChI=1S/C21H22N4O5S/c26-21(16-5-7-17(8-6-16)31(27,28)25-12-1-2-13-25)22-11-15-30-20-10-9-18(23-24-20)19-4-3-14-29-19/h3-10,14H,1-2,11-13,15H2,(H,22,26). The Morgan fingerprint density at radius 2 is 1.84 bits per heavy atom. The summed E-state index contributed by atoms with van der Waals surface area (Å²) in [6.45, 7) is 1.55. The molecule has 4 rings (SSSR count). The second-order valence-electron chi connectivity index (χ2n) is 6.97. The molecule has 2 aromatic heterocycles. The smallest absolute Gasteiger partial charge is 0.251 e. The molecule has 10 heteroatoms. The number of rotatable bonds is 8. The number of hydrogen-bond donors (Lipinski definition) is 1. The van der Waals surface area contributed by atoms with Crippen molar-refractivity contribution in [3.63, 3.8) is 0 Å². The van der Waals surface area contributed by atoms with Crippen LogP contribution in [0.3, 0.4) is 0 Å². The Kier molecular flexibility index (Phi) is 6.28. The molecule has 1 aromatic carbocycles. The molecule has 3 heterocycles. The average Bonchev–Trinajstić information content (AvgIpc) is 3.52. The van der Waals surface area contributed by atoms with Gasteiger partial charge < -0.3 is 14.5 Å². The highest BCUT2D eigenvalue weighted by atomic mass is 32.2. The first-order valence-electron chi connectivity index (χ1n) is 9.93. The molecular weight excluding hydrogens is 420 g/mol. The molecule has 162 valence electrons. The minimum absolute atomic E-state index is 0.200. The summed E-state index contributed by atoms with van der Waals surface area (Å²) in [5.41, 5.74) is 0.976. The van der Waals surface area contributed by atoms with E-state index in [2.05, 4.69) is 15.5 Å². The summed E-state index contributed by atoms with van der Waals surface area (Å²) in [7, 11) is -3.49. The lowest BCUT2D eigenvalue weighted by atomic mass is 10.2. The fourth-order valence-electron chi connectivity index (χ4n) is 3.23. The molecule has 31 heavy (non-hydrogen) atoms. The van der Waals surface area contributed by atoms with Crippen LogP contribution in [0.25, 0.3) is 11.5 Å². The Balaban J connectivity index is 1.25. The zero-order chi connectivity index (χ0) is 21.7. The third-order valence-electron chi connectivity index (χ3n) is 4.87. The van der Waals surface area contributed by atoms with Crippen molar-refractivity contribution in [2.45, 2.75) is 17.7 Å². The molecule has 9 nitrogen and oxygen atoms in total. The number of furan rings is 1. The van der Waals surface area contributed by atoms with Gasteiger partial charge in [0.05, 0.1) is 17.7 Å². The molecule has 0 unspecified atom stereocenters. The number of aromatic nitrogens is 2. The number of hydrogen-bond acceptors (Lipinski definition) is 7. The van der Waals surface area contributed by atoms with E-state index >= 15 is 0 Å². The lowest BCUT2D eigenvalue weighted by Crippen LogP contribution is -2.29. The number of benzene rings is 1. The predicted octanol–water partition coefficient (Wildman–Crippen LogP) is 2.33. The number of carbonyl (C=O) groups is 1. The molecule has 1 amide bonds. The lowest BCUT2D eigenvalue weighted by molar-refractivity contribution is 0.0946. The van der Waals surface area contributed by atoms with Crippen molar-refractivity contribution in [3.05, 3.63) is 60.4 Å². The molecule has 0 radical (unpaired) electrons. The molecule has 0 aliphatic carbocycles. The highest BCUT2D eigenvalue weighted by Crippen LogP contribution is 2.21. The van der Waals surface area contributed by atoms with Crippen molar-refractivity contribution < 1.29 is 22.4 Å². The quantitative estimate of drug-likeness (QED) is 0.533. The van der Waals surface area contributed by atoms with Gasteiger partial charge in [0.15, 0.2) is 5.76 Å². The van der Waals surface area contributed by atoms with Crippen LogP contribution in [0.4, 0.5) is 0 Å². The maximum absolute atomic E-state index is 12.5. The molecule has 0 atom stereocenters. The van der Waals surface area contributed by atoms with Gasteiger partial charge >= 0.3 is 0 Å². The topological polar surface area (TPSA) is 115 Å². The summed E-state index contributed by atoms with van der Waals surface area (Å²) in [5, 5.41) is 10.7. The monoisotopic (exact) mass is 442 g/mol. The SMILES string of the molecule is O=C(NCCOc1ccc(-c2ccco2)nn1)c1ccc(S(=O)(=O)N2CCCC2)cc1. The van der Waals surface area contributed by atoms with Gasteiger partial charge in [0, 0.05) is 24.7 Å². The highest BCUT2D eigenvalue weighted by Gasteiger charge is 2.27. The van der Waals surface area contributed by atoms with Gasteiger partial charge in [-0.25, -0.2) is 8.42 Å². The number of amides is 1. The van der Waals surface area contributed by atoms with Gasteiger partial charge in [-0.3, -0.25) is 4.79 Å². The molecular formula is C21H22N4O5S. The van der Waals surface area contributed by atoms with Crippen molar-refractivity contribution in [3.8, 4) is 17.3 Å². The molecule has 3 aromatic rings. The summed E-state index contributed by atoms with van der Waals surface area (Å²) in [6, 6.07) is 12.9. The summed E-state index contributed by atoms with van der Waals surface area (Å²) in [6.07, 6.45) is 3.31. The third-order valence-corrected chi connectivity index (χ3v) is 6.78. The first-order valence-corrected chi connectivity index (χ1v) is 11.4. The molecule has 1 aliphatic heterocycles. The van der Waals surface area contributed by atoms with E-state index in [1.165, 1.54) is 28.6 Å². The molecule has 1 aliphatic rings. The molecule has 0 spiro atoms. The fourth-order valence-corrected chi connectivity index (χ4v) is 4.75. The predicted molar refractivity (Wildman–Crippen MR) is 112 cm³/mol. The van der Waals surface area contributed by atoms with Crippen LogP contribution in [0, 0.1) is 0 Å². The average molecular weight is 442 g/mol. The molecule has 1 fully saturated rings. The van der Waals surface area contributed by atoms with Crippen molar-refractivity contribution in [2.75, 3.05) is 26.2 Å². The number of nitrogens with one attached hydrogen (secondary N) is 1. The van der Waals surface area contributed by atoms with Gasteiger partial charge in [-0.2, -0.15) is 4.31 Å². The maximum atomic E-state index is 12.5. The molecule has 0 saturated carbocycles. The van der Waals surface area contributed by atoms with Gasteiger partial charge in [-0.15, -0.1) is 10.2 Å². The Bertz CT molecular complexity index is 1110. The van der Waals surface area contributed by atoms with Crippen LogP contribution in [-0.4, -0.2) is 55.1 Å². The third kappa shape index (κ3) is 4.92. The van der Waals surface area contributed by atoms with Crippen LogP contribution in [0.5, 0.6) is 5.88 Å². The second kappa shape index (κ2) is 9.27. The zero-order valence-corrected chi connectivity index (χ0v) is 17.5. The van der Waals surface area contributed by atoms with Crippen molar-refractivity contribution in [2.24, 2.45) is 0 Å². The Hall–Kier alpha value is -3.24. The van der Waals surface area contributed by atoms with E-state index in [0.717, 1.165) is 12.8 Å². The fraction of sp³-hybridized carbons (Fsp3) is 0.286. The highest BCUT2D eigenvalue weighted by molar-refractivity contribution is 7.89. The first kappa shape index (κ1) is 21.0. The summed E-state index contributed by atoms with van der Waals surface area (Å²) >= 11 is 0. The lowest BCUT2D eigenvalue weighted by Gasteiger charge is -2.15.